The minimum absolute atomic E-state index is 0.557. The maximum absolute atomic E-state index is 9.56. The lowest BCUT2D eigenvalue weighted by Crippen LogP contribution is -2.35. The Kier molecular flexibility index (Phi) is 4.74. The molecule has 0 spiro atoms. The highest BCUT2D eigenvalue weighted by molar-refractivity contribution is 5.75. The van der Waals surface area contributed by atoms with Crippen molar-refractivity contribution in [3.8, 4) is 0 Å². The lowest BCUT2D eigenvalue weighted by atomic mass is 9.97. The lowest BCUT2D eigenvalue weighted by Gasteiger charge is -2.31. The fraction of sp³-hybridized carbons (Fsp3) is 0.526. The first kappa shape index (κ1) is 17.2. The van der Waals surface area contributed by atoms with Gasteiger partial charge in [0.15, 0.2) is 0 Å². The Labute approximate surface area is 153 Å². The summed E-state index contributed by atoms with van der Waals surface area (Å²) < 4.78 is 4.07. The largest absolute Gasteiger partial charge is 0.387 e. The number of aryl methyl sites for hydroxylation is 1. The van der Waals surface area contributed by atoms with Crippen molar-refractivity contribution in [3.63, 3.8) is 0 Å². The van der Waals surface area contributed by atoms with E-state index in [1.807, 2.05) is 16.9 Å². The van der Waals surface area contributed by atoms with Crippen LogP contribution in [0.3, 0.4) is 0 Å². The molecule has 0 bridgehead atoms. The summed E-state index contributed by atoms with van der Waals surface area (Å²) in [4.78, 5) is 7.27. The van der Waals surface area contributed by atoms with E-state index >= 15 is 0 Å². The fourth-order valence-electron chi connectivity index (χ4n) is 3.72. The standard InChI is InChI=1S/C19H26N6O/c1-14(26)17-12-25(22-21-17)11-15-7-9-24(10-8-15)13-19-20-16-5-3-4-6-18(16)23(19)2/h3-6,12,14-15,26H,7-11,13H2,1-2H3/t14-/m1/s1. The second-order valence-electron chi connectivity index (χ2n) is 7.34. The molecule has 3 heterocycles. The average molecular weight is 354 g/mol. The van der Waals surface area contributed by atoms with Gasteiger partial charge in [0, 0.05) is 13.6 Å². The molecule has 0 unspecified atom stereocenters. The van der Waals surface area contributed by atoms with E-state index in [9.17, 15) is 5.11 Å². The third-order valence-electron chi connectivity index (χ3n) is 5.38. The summed E-state index contributed by atoms with van der Waals surface area (Å²) in [5.74, 6) is 1.73. The molecule has 7 nitrogen and oxygen atoms in total. The summed E-state index contributed by atoms with van der Waals surface area (Å²) in [6.07, 6.45) is 3.59. The van der Waals surface area contributed by atoms with Crippen LogP contribution in [0.15, 0.2) is 30.5 Å². The molecule has 26 heavy (non-hydrogen) atoms. The molecule has 1 fully saturated rings. The Balaban J connectivity index is 1.33. The molecule has 3 aromatic rings. The highest BCUT2D eigenvalue weighted by atomic mass is 16.3. The number of piperidine rings is 1. The highest BCUT2D eigenvalue weighted by Gasteiger charge is 2.22. The smallest absolute Gasteiger partial charge is 0.123 e. The van der Waals surface area contributed by atoms with Crippen LogP contribution in [0, 0.1) is 5.92 Å². The third kappa shape index (κ3) is 3.50. The number of hydrogen-bond donors (Lipinski definition) is 1. The van der Waals surface area contributed by atoms with Gasteiger partial charge < -0.3 is 9.67 Å². The molecule has 1 aromatic carbocycles. The molecule has 0 radical (unpaired) electrons. The molecule has 1 N–H and O–H groups in total. The Morgan fingerprint density at radius 1 is 1.23 bits per heavy atom. The topological polar surface area (TPSA) is 72.0 Å². The summed E-state index contributed by atoms with van der Waals surface area (Å²) in [7, 11) is 2.10. The Hall–Kier alpha value is -2.25. The van der Waals surface area contributed by atoms with Crippen molar-refractivity contribution in [2.75, 3.05) is 13.1 Å². The van der Waals surface area contributed by atoms with Crippen LogP contribution in [0.25, 0.3) is 11.0 Å². The molecule has 7 heteroatoms. The van der Waals surface area contributed by atoms with Crippen LogP contribution in [0.1, 0.15) is 37.4 Å². The van der Waals surface area contributed by atoms with Crippen LogP contribution >= 0.6 is 0 Å². The van der Waals surface area contributed by atoms with Crippen molar-refractivity contribution in [3.05, 3.63) is 42.0 Å². The summed E-state index contributed by atoms with van der Waals surface area (Å²) >= 11 is 0. The Bertz CT molecular complexity index is 875. The summed E-state index contributed by atoms with van der Waals surface area (Å²) in [6.45, 7) is 5.64. The Morgan fingerprint density at radius 3 is 2.69 bits per heavy atom. The van der Waals surface area contributed by atoms with E-state index in [-0.39, 0.29) is 0 Å². The van der Waals surface area contributed by atoms with Gasteiger partial charge in [-0.2, -0.15) is 0 Å². The number of benzene rings is 1. The van der Waals surface area contributed by atoms with Gasteiger partial charge in [-0.1, -0.05) is 17.3 Å². The molecule has 0 saturated carbocycles. The zero-order valence-electron chi connectivity index (χ0n) is 15.4. The maximum atomic E-state index is 9.56. The lowest BCUT2D eigenvalue weighted by molar-refractivity contribution is 0.160. The van der Waals surface area contributed by atoms with Gasteiger partial charge in [-0.15, -0.1) is 5.10 Å². The van der Waals surface area contributed by atoms with Crippen LogP contribution in [-0.2, 0) is 20.1 Å². The van der Waals surface area contributed by atoms with E-state index in [4.69, 9.17) is 4.98 Å². The van der Waals surface area contributed by atoms with E-state index in [1.165, 1.54) is 5.52 Å². The number of fused-ring (bicyclic) bond motifs is 1. The number of aromatic nitrogens is 5. The van der Waals surface area contributed by atoms with Crippen molar-refractivity contribution in [2.24, 2.45) is 13.0 Å². The van der Waals surface area contributed by atoms with Gasteiger partial charge in [-0.05, 0) is 50.9 Å². The molecule has 138 valence electrons. The molecular formula is C19H26N6O. The van der Waals surface area contributed by atoms with Gasteiger partial charge in [0.1, 0.15) is 11.5 Å². The van der Waals surface area contributed by atoms with Crippen molar-refractivity contribution < 1.29 is 5.11 Å². The molecule has 2 aromatic heterocycles. The molecule has 1 aliphatic rings. The van der Waals surface area contributed by atoms with Crippen molar-refractivity contribution >= 4 is 11.0 Å². The minimum Gasteiger partial charge on any atom is -0.387 e. The SMILES string of the molecule is C[C@@H](O)c1cn(CC2CCN(Cc3nc4ccccc4n3C)CC2)nn1. The molecule has 1 atom stereocenters. The number of rotatable bonds is 5. The molecule has 0 amide bonds. The minimum atomic E-state index is -0.557. The van der Waals surface area contributed by atoms with Crippen molar-refractivity contribution in [1.82, 2.24) is 29.4 Å². The van der Waals surface area contributed by atoms with Gasteiger partial charge in [-0.3, -0.25) is 9.58 Å². The summed E-state index contributed by atoms with van der Waals surface area (Å²) in [6, 6.07) is 8.30. The molecule has 1 aliphatic heterocycles. The summed E-state index contributed by atoms with van der Waals surface area (Å²) in [5, 5.41) is 17.7. The van der Waals surface area contributed by atoms with Gasteiger partial charge in [0.05, 0.1) is 29.9 Å². The van der Waals surface area contributed by atoms with E-state index in [1.54, 1.807) is 6.92 Å². The van der Waals surface area contributed by atoms with Crippen molar-refractivity contribution in [2.45, 2.75) is 39.0 Å². The zero-order valence-corrected chi connectivity index (χ0v) is 15.4. The quantitative estimate of drug-likeness (QED) is 0.760. The van der Waals surface area contributed by atoms with Gasteiger partial charge in [-0.25, -0.2) is 4.98 Å². The molecule has 1 saturated heterocycles. The van der Waals surface area contributed by atoms with E-state index in [0.717, 1.165) is 50.4 Å². The number of aliphatic hydroxyl groups is 1. The summed E-state index contributed by atoms with van der Waals surface area (Å²) in [5.41, 5.74) is 2.90. The first-order valence-electron chi connectivity index (χ1n) is 9.31. The van der Waals surface area contributed by atoms with E-state index < -0.39 is 6.10 Å². The number of para-hydroxylation sites is 2. The maximum Gasteiger partial charge on any atom is 0.123 e. The highest BCUT2D eigenvalue weighted by Crippen LogP contribution is 2.22. The zero-order chi connectivity index (χ0) is 18.1. The second-order valence-corrected chi connectivity index (χ2v) is 7.34. The average Bonchev–Trinajstić information content (AvgIpc) is 3.23. The normalized spacial score (nSPS) is 17.8. The molecule has 0 aliphatic carbocycles. The number of nitrogens with zero attached hydrogens (tertiary/aromatic N) is 6. The van der Waals surface area contributed by atoms with Gasteiger partial charge in [0.25, 0.3) is 0 Å². The number of aliphatic hydroxyl groups excluding tert-OH is 1. The van der Waals surface area contributed by atoms with Crippen LogP contribution in [0.4, 0.5) is 0 Å². The first-order valence-corrected chi connectivity index (χ1v) is 9.31. The van der Waals surface area contributed by atoms with Gasteiger partial charge in [0.2, 0.25) is 0 Å². The molecule has 4 rings (SSSR count). The van der Waals surface area contributed by atoms with E-state index in [2.05, 4.69) is 45.0 Å². The van der Waals surface area contributed by atoms with Crippen LogP contribution in [-0.4, -0.2) is 47.6 Å². The van der Waals surface area contributed by atoms with Crippen molar-refractivity contribution in [1.29, 1.82) is 0 Å². The predicted molar refractivity (Wildman–Crippen MR) is 99.4 cm³/mol. The van der Waals surface area contributed by atoms with Crippen LogP contribution in [0.5, 0.6) is 0 Å². The van der Waals surface area contributed by atoms with Crippen LogP contribution in [0.2, 0.25) is 0 Å². The number of hydrogen-bond acceptors (Lipinski definition) is 5. The fourth-order valence-corrected chi connectivity index (χ4v) is 3.72. The van der Waals surface area contributed by atoms with Crippen LogP contribution < -0.4 is 0 Å². The third-order valence-corrected chi connectivity index (χ3v) is 5.38. The predicted octanol–water partition coefficient (Wildman–Crippen LogP) is 2.13. The molecular weight excluding hydrogens is 328 g/mol. The first-order chi connectivity index (χ1) is 12.6. The van der Waals surface area contributed by atoms with Gasteiger partial charge >= 0.3 is 0 Å². The second kappa shape index (κ2) is 7.17. The Morgan fingerprint density at radius 2 is 2.00 bits per heavy atom. The number of likely N-dealkylation sites (tertiary alicyclic amines) is 1. The monoisotopic (exact) mass is 354 g/mol. The van der Waals surface area contributed by atoms with E-state index in [0.29, 0.717) is 11.6 Å². The number of imidazole rings is 1.